The second-order valence-electron chi connectivity index (χ2n) is 4.73. The summed E-state index contributed by atoms with van der Waals surface area (Å²) in [6, 6.07) is 3.56. The van der Waals surface area contributed by atoms with Crippen molar-refractivity contribution in [2.75, 3.05) is 7.11 Å². The lowest BCUT2D eigenvalue weighted by atomic mass is 10.0. The van der Waals surface area contributed by atoms with Crippen LogP contribution in [0.4, 0.5) is 0 Å². The van der Waals surface area contributed by atoms with Crippen LogP contribution in [0.25, 0.3) is 0 Å². The van der Waals surface area contributed by atoms with Crippen molar-refractivity contribution < 1.29 is 9.84 Å². The van der Waals surface area contributed by atoms with Gasteiger partial charge in [0.2, 0.25) is 0 Å². The molecule has 0 heterocycles. The Labute approximate surface area is 129 Å². The van der Waals surface area contributed by atoms with E-state index in [0.29, 0.717) is 10.8 Å². The summed E-state index contributed by atoms with van der Waals surface area (Å²) in [6.07, 6.45) is 6.14. The van der Waals surface area contributed by atoms with E-state index >= 15 is 0 Å². The third-order valence-electron chi connectivity index (χ3n) is 3.18. The molecule has 108 valence electrons. The fraction of sp³-hybridized carbons (Fsp3) is 0.600. The molecule has 0 saturated heterocycles. The molecule has 0 bridgehead atoms. The molecular weight excluding hydrogens is 328 g/mol. The molecule has 1 rings (SSSR count). The van der Waals surface area contributed by atoms with Crippen LogP contribution in [0.1, 0.15) is 57.1 Å². The molecule has 0 aliphatic rings. The molecule has 0 amide bonds. The van der Waals surface area contributed by atoms with Crippen LogP contribution in [-0.2, 0) is 0 Å². The molecule has 2 nitrogen and oxygen atoms in total. The van der Waals surface area contributed by atoms with E-state index in [9.17, 15) is 5.11 Å². The number of hydrogen-bond acceptors (Lipinski definition) is 2. The normalized spacial score (nSPS) is 12.5. The van der Waals surface area contributed by atoms with Crippen molar-refractivity contribution in [3.8, 4) is 5.75 Å². The SMILES string of the molecule is CCCCCCCC(O)c1cc(Cl)cc(Br)c1OC. The van der Waals surface area contributed by atoms with Crippen LogP contribution >= 0.6 is 27.5 Å². The van der Waals surface area contributed by atoms with Crippen molar-refractivity contribution in [1.82, 2.24) is 0 Å². The van der Waals surface area contributed by atoms with Crippen molar-refractivity contribution >= 4 is 27.5 Å². The molecule has 0 radical (unpaired) electrons. The van der Waals surface area contributed by atoms with Crippen LogP contribution in [-0.4, -0.2) is 12.2 Å². The average Bonchev–Trinajstić information content (AvgIpc) is 2.37. The lowest BCUT2D eigenvalue weighted by Crippen LogP contribution is -2.01. The Morgan fingerprint density at radius 3 is 2.58 bits per heavy atom. The average molecular weight is 350 g/mol. The largest absolute Gasteiger partial charge is 0.495 e. The fourth-order valence-corrected chi connectivity index (χ4v) is 3.14. The lowest BCUT2D eigenvalue weighted by molar-refractivity contribution is 0.159. The molecule has 19 heavy (non-hydrogen) atoms. The summed E-state index contributed by atoms with van der Waals surface area (Å²) in [5.74, 6) is 0.672. The first kappa shape index (κ1) is 16.8. The smallest absolute Gasteiger partial charge is 0.138 e. The van der Waals surface area contributed by atoms with Gasteiger partial charge in [-0.3, -0.25) is 0 Å². The number of unbranched alkanes of at least 4 members (excludes halogenated alkanes) is 4. The Bertz CT molecular complexity index is 396. The van der Waals surface area contributed by atoms with E-state index in [2.05, 4.69) is 22.9 Å². The third kappa shape index (κ3) is 5.33. The second-order valence-corrected chi connectivity index (χ2v) is 6.02. The van der Waals surface area contributed by atoms with E-state index in [0.717, 1.165) is 29.3 Å². The minimum Gasteiger partial charge on any atom is -0.495 e. The highest BCUT2D eigenvalue weighted by Gasteiger charge is 2.16. The molecule has 0 saturated carbocycles. The molecule has 1 aromatic carbocycles. The van der Waals surface area contributed by atoms with E-state index in [-0.39, 0.29) is 0 Å². The van der Waals surface area contributed by atoms with Gasteiger partial charge in [0.15, 0.2) is 0 Å². The monoisotopic (exact) mass is 348 g/mol. The number of ether oxygens (including phenoxy) is 1. The van der Waals surface area contributed by atoms with Crippen molar-refractivity contribution in [3.63, 3.8) is 0 Å². The first-order chi connectivity index (χ1) is 9.10. The van der Waals surface area contributed by atoms with Gasteiger partial charge in [-0.25, -0.2) is 0 Å². The molecule has 0 aliphatic carbocycles. The summed E-state index contributed by atoms with van der Waals surface area (Å²) >= 11 is 9.44. The zero-order valence-corrected chi connectivity index (χ0v) is 13.9. The highest BCUT2D eigenvalue weighted by Crippen LogP contribution is 2.37. The van der Waals surface area contributed by atoms with Crippen molar-refractivity contribution in [3.05, 3.63) is 27.2 Å². The van der Waals surface area contributed by atoms with Gasteiger partial charge in [0.25, 0.3) is 0 Å². The Morgan fingerprint density at radius 2 is 1.95 bits per heavy atom. The number of rotatable bonds is 8. The van der Waals surface area contributed by atoms with E-state index in [1.807, 2.05) is 0 Å². The molecule has 1 N–H and O–H groups in total. The van der Waals surface area contributed by atoms with Gasteiger partial charge in [-0.15, -0.1) is 0 Å². The van der Waals surface area contributed by atoms with E-state index in [4.69, 9.17) is 16.3 Å². The van der Waals surface area contributed by atoms with Crippen LogP contribution in [0.3, 0.4) is 0 Å². The van der Waals surface area contributed by atoms with Crippen LogP contribution in [0, 0.1) is 0 Å². The van der Waals surface area contributed by atoms with E-state index in [1.165, 1.54) is 19.3 Å². The second kappa shape index (κ2) is 8.83. The predicted molar refractivity (Wildman–Crippen MR) is 84.0 cm³/mol. The highest BCUT2D eigenvalue weighted by molar-refractivity contribution is 9.10. The maximum atomic E-state index is 10.3. The summed E-state index contributed by atoms with van der Waals surface area (Å²) < 4.78 is 6.11. The van der Waals surface area contributed by atoms with Crippen LogP contribution in [0.2, 0.25) is 5.02 Å². The van der Waals surface area contributed by atoms with Crippen molar-refractivity contribution in [1.29, 1.82) is 0 Å². The number of aliphatic hydroxyl groups excluding tert-OH is 1. The van der Waals surface area contributed by atoms with Gasteiger partial charge in [-0.05, 0) is 34.5 Å². The molecule has 0 aliphatic heterocycles. The first-order valence-corrected chi connectivity index (χ1v) is 7.98. The van der Waals surface area contributed by atoms with Gasteiger partial charge >= 0.3 is 0 Å². The minimum absolute atomic E-state index is 0.522. The van der Waals surface area contributed by atoms with Gasteiger partial charge < -0.3 is 9.84 Å². The molecule has 4 heteroatoms. The third-order valence-corrected chi connectivity index (χ3v) is 3.99. The number of halogens is 2. The lowest BCUT2D eigenvalue weighted by Gasteiger charge is -2.16. The topological polar surface area (TPSA) is 29.5 Å². The summed E-state index contributed by atoms with van der Waals surface area (Å²) in [6.45, 7) is 2.20. The van der Waals surface area contributed by atoms with Crippen LogP contribution in [0.5, 0.6) is 5.75 Å². The summed E-state index contributed by atoms with van der Waals surface area (Å²) in [5.41, 5.74) is 0.761. The van der Waals surface area contributed by atoms with Crippen molar-refractivity contribution in [2.24, 2.45) is 0 Å². The first-order valence-electron chi connectivity index (χ1n) is 6.81. The Hall–Kier alpha value is -0.250. The Morgan fingerprint density at radius 1 is 1.26 bits per heavy atom. The zero-order valence-electron chi connectivity index (χ0n) is 11.6. The number of hydrogen-bond donors (Lipinski definition) is 1. The fourth-order valence-electron chi connectivity index (χ4n) is 2.14. The molecule has 0 fully saturated rings. The van der Waals surface area contributed by atoms with Gasteiger partial charge in [-0.1, -0.05) is 50.6 Å². The molecule has 1 atom stereocenters. The van der Waals surface area contributed by atoms with Crippen LogP contribution in [0.15, 0.2) is 16.6 Å². The van der Waals surface area contributed by atoms with Crippen LogP contribution < -0.4 is 4.74 Å². The quantitative estimate of drug-likeness (QED) is 0.627. The van der Waals surface area contributed by atoms with Crippen molar-refractivity contribution in [2.45, 2.75) is 51.6 Å². The molecule has 0 spiro atoms. The number of benzene rings is 1. The molecular formula is C15H22BrClO2. The zero-order chi connectivity index (χ0) is 14.3. The molecule has 1 unspecified atom stereocenters. The van der Waals surface area contributed by atoms with Gasteiger partial charge in [0.05, 0.1) is 17.7 Å². The summed E-state index contributed by atoms with van der Waals surface area (Å²) in [7, 11) is 1.60. The maximum absolute atomic E-state index is 10.3. The summed E-state index contributed by atoms with van der Waals surface area (Å²) in [4.78, 5) is 0. The van der Waals surface area contributed by atoms with Gasteiger partial charge in [0, 0.05) is 10.6 Å². The van der Waals surface area contributed by atoms with E-state index < -0.39 is 6.10 Å². The van der Waals surface area contributed by atoms with Gasteiger partial charge in [0.1, 0.15) is 5.75 Å². The number of aliphatic hydroxyl groups is 1. The standard InChI is InChI=1S/C15H22BrClO2/c1-3-4-5-6-7-8-14(18)12-9-11(17)10-13(16)15(12)19-2/h9-10,14,18H,3-8H2,1-2H3. The van der Waals surface area contributed by atoms with Gasteiger partial charge in [-0.2, -0.15) is 0 Å². The summed E-state index contributed by atoms with van der Waals surface area (Å²) in [5, 5.41) is 10.9. The Kier molecular flexibility index (Phi) is 7.81. The molecule has 1 aromatic rings. The minimum atomic E-state index is -0.522. The van der Waals surface area contributed by atoms with E-state index in [1.54, 1.807) is 19.2 Å². The predicted octanol–water partition coefficient (Wildman–Crippen LogP) is 5.51. The maximum Gasteiger partial charge on any atom is 0.138 e. The number of methoxy groups -OCH3 is 1. The molecule has 0 aromatic heterocycles. The Balaban J connectivity index is 2.63. The highest BCUT2D eigenvalue weighted by atomic mass is 79.9.